The van der Waals surface area contributed by atoms with Gasteiger partial charge in [0, 0.05) is 18.6 Å². The third kappa shape index (κ3) is 4.83. The van der Waals surface area contributed by atoms with Crippen molar-refractivity contribution in [1.29, 1.82) is 0 Å². The predicted molar refractivity (Wildman–Crippen MR) is 98.7 cm³/mol. The number of carbonyl (C=O) groups is 1. The second-order valence-corrected chi connectivity index (χ2v) is 6.30. The van der Waals surface area contributed by atoms with Crippen molar-refractivity contribution in [2.24, 2.45) is 0 Å². The van der Waals surface area contributed by atoms with Crippen LogP contribution in [-0.2, 0) is 24.4 Å². The maximum absolute atomic E-state index is 12.1. The van der Waals surface area contributed by atoms with Gasteiger partial charge in [-0.05, 0) is 17.2 Å². The Morgan fingerprint density at radius 3 is 2.65 bits per heavy atom. The number of halogens is 1. The Labute approximate surface area is 157 Å². The summed E-state index contributed by atoms with van der Waals surface area (Å²) in [5, 5.41) is 8.76. The summed E-state index contributed by atoms with van der Waals surface area (Å²) in [7, 11) is 1.70. The summed E-state index contributed by atoms with van der Waals surface area (Å²) in [5.41, 5.74) is 2.57. The van der Waals surface area contributed by atoms with Crippen molar-refractivity contribution in [3.63, 3.8) is 0 Å². The van der Waals surface area contributed by atoms with Gasteiger partial charge in [-0.3, -0.25) is 0 Å². The second-order valence-electron chi connectivity index (χ2n) is 5.90. The molecule has 0 radical (unpaired) electrons. The van der Waals surface area contributed by atoms with Gasteiger partial charge in [0.1, 0.15) is 12.3 Å². The first kappa shape index (κ1) is 17.9. The van der Waals surface area contributed by atoms with E-state index in [1.165, 1.54) is 4.90 Å². The van der Waals surface area contributed by atoms with E-state index >= 15 is 0 Å². The van der Waals surface area contributed by atoms with Crippen LogP contribution in [0.4, 0.5) is 4.79 Å². The van der Waals surface area contributed by atoms with E-state index in [0.29, 0.717) is 23.8 Å². The fourth-order valence-electron chi connectivity index (χ4n) is 2.45. The molecule has 0 saturated heterocycles. The first-order chi connectivity index (χ1) is 12.6. The number of amides is 1. The smallest absolute Gasteiger partial charge is 0.410 e. The van der Waals surface area contributed by atoms with Gasteiger partial charge >= 0.3 is 6.09 Å². The van der Waals surface area contributed by atoms with Crippen LogP contribution in [-0.4, -0.2) is 33.0 Å². The van der Waals surface area contributed by atoms with Crippen molar-refractivity contribution in [3.05, 3.63) is 82.6 Å². The number of hydrogen-bond acceptors (Lipinski definition) is 4. The number of ether oxygens (including phenoxy) is 1. The van der Waals surface area contributed by atoms with E-state index in [2.05, 4.69) is 10.3 Å². The van der Waals surface area contributed by atoms with E-state index < -0.39 is 6.09 Å². The van der Waals surface area contributed by atoms with Gasteiger partial charge in [-0.25, -0.2) is 9.48 Å². The summed E-state index contributed by atoms with van der Waals surface area (Å²) in [6, 6.07) is 17.3. The van der Waals surface area contributed by atoms with Crippen molar-refractivity contribution in [2.45, 2.75) is 19.7 Å². The molecule has 0 atom stereocenters. The van der Waals surface area contributed by atoms with Crippen molar-refractivity contribution >= 4 is 17.7 Å². The highest BCUT2D eigenvalue weighted by Gasteiger charge is 2.12. The molecule has 0 aliphatic rings. The Kier molecular flexibility index (Phi) is 5.86. The molecule has 0 unspecified atom stereocenters. The first-order valence-corrected chi connectivity index (χ1v) is 8.54. The van der Waals surface area contributed by atoms with Gasteiger partial charge in [0.05, 0.1) is 12.7 Å². The highest BCUT2D eigenvalue weighted by Crippen LogP contribution is 2.16. The van der Waals surface area contributed by atoms with E-state index in [1.54, 1.807) is 17.9 Å². The molecule has 26 heavy (non-hydrogen) atoms. The van der Waals surface area contributed by atoms with Crippen LogP contribution in [0.5, 0.6) is 0 Å². The normalized spacial score (nSPS) is 10.5. The SMILES string of the molecule is CN(Cc1ccccc1)C(=O)OCc1cn(Cc2ccccc2Cl)nn1. The molecule has 1 amide bonds. The van der Waals surface area contributed by atoms with Gasteiger partial charge in [-0.2, -0.15) is 0 Å². The standard InChI is InChI=1S/C19H19ClN4O2/c1-23(11-15-7-3-2-4-8-15)19(25)26-14-17-13-24(22-21-17)12-16-9-5-6-10-18(16)20/h2-10,13H,11-12,14H2,1H3. The summed E-state index contributed by atoms with van der Waals surface area (Å²) in [6.45, 7) is 1.06. The molecule has 3 rings (SSSR count). The van der Waals surface area contributed by atoms with Crippen LogP contribution in [0, 0.1) is 0 Å². The summed E-state index contributed by atoms with van der Waals surface area (Å²) in [4.78, 5) is 13.6. The van der Waals surface area contributed by atoms with E-state index in [-0.39, 0.29) is 6.61 Å². The van der Waals surface area contributed by atoms with E-state index in [9.17, 15) is 4.79 Å². The van der Waals surface area contributed by atoms with Crippen LogP contribution in [0.2, 0.25) is 5.02 Å². The lowest BCUT2D eigenvalue weighted by Crippen LogP contribution is -2.26. The molecule has 0 aliphatic carbocycles. The molecule has 0 fully saturated rings. The second kappa shape index (κ2) is 8.49. The Bertz CT molecular complexity index is 867. The highest BCUT2D eigenvalue weighted by atomic mass is 35.5. The van der Waals surface area contributed by atoms with Gasteiger partial charge < -0.3 is 9.64 Å². The van der Waals surface area contributed by atoms with Crippen LogP contribution in [0.25, 0.3) is 0 Å². The molecule has 1 heterocycles. The largest absolute Gasteiger partial charge is 0.443 e. The zero-order chi connectivity index (χ0) is 18.4. The fraction of sp³-hybridized carbons (Fsp3) is 0.211. The number of nitrogens with zero attached hydrogens (tertiary/aromatic N) is 4. The van der Waals surface area contributed by atoms with Crippen LogP contribution >= 0.6 is 11.6 Å². The summed E-state index contributed by atoms with van der Waals surface area (Å²) >= 11 is 6.15. The molecule has 0 N–H and O–H groups in total. The van der Waals surface area contributed by atoms with E-state index in [1.807, 2.05) is 54.6 Å². The lowest BCUT2D eigenvalue weighted by atomic mass is 10.2. The Balaban J connectivity index is 1.51. The van der Waals surface area contributed by atoms with Crippen LogP contribution in [0.3, 0.4) is 0 Å². The number of aromatic nitrogens is 3. The Hall–Kier alpha value is -2.86. The van der Waals surface area contributed by atoms with Crippen LogP contribution < -0.4 is 0 Å². The average molecular weight is 371 g/mol. The molecular formula is C19H19ClN4O2. The van der Waals surface area contributed by atoms with Crippen molar-refractivity contribution < 1.29 is 9.53 Å². The molecule has 0 spiro atoms. The summed E-state index contributed by atoms with van der Waals surface area (Å²) in [6.07, 6.45) is 1.34. The quantitative estimate of drug-likeness (QED) is 0.663. The summed E-state index contributed by atoms with van der Waals surface area (Å²) < 4.78 is 6.96. The monoisotopic (exact) mass is 370 g/mol. The molecule has 0 saturated carbocycles. The van der Waals surface area contributed by atoms with Crippen LogP contribution in [0.15, 0.2) is 60.8 Å². The molecule has 6 nitrogen and oxygen atoms in total. The minimum Gasteiger partial charge on any atom is -0.443 e. The van der Waals surface area contributed by atoms with Crippen LogP contribution in [0.1, 0.15) is 16.8 Å². The van der Waals surface area contributed by atoms with E-state index in [4.69, 9.17) is 16.3 Å². The molecule has 0 aliphatic heterocycles. The van der Waals surface area contributed by atoms with Gasteiger partial charge in [-0.1, -0.05) is 65.3 Å². The van der Waals surface area contributed by atoms with Gasteiger partial charge in [0.15, 0.2) is 0 Å². The third-order valence-corrected chi connectivity index (χ3v) is 4.16. The fourth-order valence-corrected chi connectivity index (χ4v) is 2.65. The number of hydrogen-bond donors (Lipinski definition) is 0. The van der Waals surface area contributed by atoms with E-state index in [0.717, 1.165) is 11.1 Å². The van der Waals surface area contributed by atoms with Crippen molar-refractivity contribution in [3.8, 4) is 0 Å². The first-order valence-electron chi connectivity index (χ1n) is 8.16. The molecule has 7 heteroatoms. The topological polar surface area (TPSA) is 60.2 Å². The highest BCUT2D eigenvalue weighted by molar-refractivity contribution is 6.31. The maximum atomic E-state index is 12.1. The zero-order valence-electron chi connectivity index (χ0n) is 14.4. The van der Waals surface area contributed by atoms with Crippen molar-refractivity contribution in [1.82, 2.24) is 19.9 Å². The zero-order valence-corrected chi connectivity index (χ0v) is 15.1. The van der Waals surface area contributed by atoms with Gasteiger partial charge in [0.2, 0.25) is 0 Å². The number of benzene rings is 2. The molecule has 134 valence electrons. The lowest BCUT2D eigenvalue weighted by Gasteiger charge is -2.16. The van der Waals surface area contributed by atoms with Crippen molar-refractivity contribution in [2.75, 3.05) is 7.05 Å². The Morgan fingerprint density at radius 1 is 1.15 bits per heavy atom. The number of rotatable bonds is 6. The minimum atomic E-state index is -0.408. The third-order valence-electron chi connectivity index (χ3n) is 3.79. The average Bonchev–Trinajstić information content (AvgIpc) is 3.10. The number of carbonyl (C=O) groups excluding carboxylic acids is 1. The molecule has 2 aromatic carbocycles. The molecule has 0 bridgehead atoms. The maximum Gasteiger partial charge on any atom is 0.410 e. The lowest BCUT2D eigenvalue weighted by molar-refractivity contribution is 0.101. The molecule has 1 aromatic heterocycles. The molecular weight excluding hydrogens is 352 g/mol. The summed E-state index contributed by atoms with van der Waals surface area (Å²) in [5.74, 6) is 0. The minimum absolute atomic E-state index is 0.0699. The predicted octanol–water partition coefficient (Wildman–Crippen LogP) is 3.75. The Morgan fingerprint density at radius 2 is 1.88 bits per heavy atom. The van der Waals surface area contributed by atoms with Gasteiger partial charge in [-0.15, -0.1) is 5.10 Å². The van der Waals surface area contributed by atoms with Gasteiger partial charge in [0.25, 0.3) is 0 Å². The molecule has 3 aromatic rings.